The van der Waals surface area contributed by atoms with Gasteiger partial charge in [0.15, 0.2) is 0 Å². The molecule has 2 aromatic rings. The first-order valence-electron chi connectivity index (χ1n) is 8.99. The molecule has 3 atom stereocenters. The number of carbonyl (C=O) groups excluding carboxylic acids is 1. The summed E-state index contributed by atoms with van der Waals surface area (Å²) in [5, 5.41) is 13.3. The molecule has 2 aliphatic heterocycles. The second kappa shape index (κ2) is 6.78. The summed E-state index contributed by atoms with van der Waals surface area (Å²) in [4.78, 5) is 18.2. The third-order valence-corrected chi connectivity index (χ3v) is 5.30. The van der Waals surface area contributed by atoms with Gasteiger partial charge in [-0.1, -0.05) is 11.6 Å². The van der Waals surface area contributed by atoms with E-state index in [1.807, 2.05) is 25.1 Å². The Kier molecular flexibility index (Phi) is 4.50. The molecule has 2 aliphatic rings. The molecule has 4 rings (SSSR count). The zero-order valence-electron chi connectivity index (χ0n) is 14.5. The summed E-state index contributed by atoms with van der Waals surface area (Å²) in [6.45, 7) is 4.57. The monoisotopic (exact) mass is 343 g/mol. The predicted molar refractivity (Wildman–Crippen MR) is 95.7 cm³/mol. The number of aliphatic hydroxyl groups is 1. The summed E-state index contributed by atoms with van der Waals surface area (Å²) in [7, 11) is 0. The predicted octanol–water partition coefficient (Wildman–Crippen LogP) is 1.43. The van der Waals surface area contributed by atoms with Gasteiger partial charge in [-0.05, 0) is 38.0 Å². The van der Waals surface area contributed by atoms with Crippen molar-refractivity contribution in [3.05, 3.63) is 35.5 Å². The van der Waals surface area contributed by atoms with E-state index in [-0.39, 0.29) is 24.7 Å². The number of aliphatic hydroxyl groups excluding tert-OH is 1. The Labute approximate surface area is 147 Å². The van der Waals surface area contributed by atoms with Gasteiger partial charge in [0.25, 0.3) is 5.91 Å². The first-order chi connectivity index (χ1) is 12.1. The van der Waals surface area contributed by atoms with E-state index in [2.05, 4.69) is 21.3 Å². The van der Waals surface area contributed by atoms with Crippen LogP contribution in [-0.2, 0) is 4.74 Å². The number of nitrogens with one attached hydrogen (secondary N) is 2. The zero-order chi connectivity index (χ0) is 17.4. The van der Waals surface area contributed by atoms with E-state index in [0.29, 0.717) is 24.8 Å². The Balaban J connectivity index is 1.39. The van der Waals surface area contributed by atoms with Gasteiger partial charge in [-0.15, -0.1) is 0 Å². The highest BCUT2D eigenvalue weighted by molar-refractivity contribution is 5.98. The molecule has 6 heteroatoms. The highest BCUT2D eigenvalue weighted by Crippen LogP contribution is 2.25. The van der Waals surface area contributed by atoms with E-state index in [0.717, 1.165) is 30.4 Å². The van der Waals surface area contributed by atoms with Crippen LogP contribution in [0.15, 0.2) is 24.3 Å². The lowest BCUT2D eigenvalue weighted by atomic mass is 10.1. The van der Waals surface area contributed by atoms with Gasteiger partial charge < -0.3 is 20.1 Å². The van der Waals surface area contributed by atoms with Gasteiger partial charge in [0, 0.05) is 42.7 Å². The summed E-state index contributed by atoms with van der Waals surface area (Å²) in [5.41, 5.74) is 2.78. The normalized spacial score (nSPS) is 26.7. The number of hydrogen-bond acceptors (Lipinski definition) is 4. The first kappa shape index (κ1) is 16.6. The van der Waals surface area contributed by atoms with Crippen molar-refractivity contribution in [1.82, 2.24) is 15.2 Å². The van der Waals surface area contributed by atoms with Crippen LogP contribution in [0.3, 0.4) is 0 Å². The number of benzene rings is 1. The molecule has 0 spiro atoms. The van der Waals surface area contributed by atoms with E-state index < -0.39 is 0 Å². The molecule has 1 aromatic heterocycles. The average Bonchev–Trinajstić information content (AvgIpc) is 3.17. The molecule has 3 heterocycles. The van der Waals surface area contributed by atoms with Crippen LogP contribution >= 0.6 is 0 Å². The number of H-pyrrole nitrogens is 1. The summed E-state index contributed by atoms with van der Waals surface area (Å²) in [6.07, 6.45) is 1.69. The number of aromatic nitrogens is 1. The molecule has 134 valence electrons. The van der Waals surface area contributed by atoms with Crippen LogP contribution in [0, 0.1) is 6.92 Å². The number of rotatable bonds is 4. The summed E-state index contributed by atoms with van der Waals surface area (Å²) in [5.74, 6) is -0.0495. The summed E-state index contributed by atoms with van der Waals surface area (Å²) < 4.78 is 5.80. The van der Waals surface area contributed by atoms with Crippen LogP contribution in [0.25, 0.3) is 10.9 Å². The number of hydrogen-bond donors (Lipinski definition) is 3. The third kappa shape index (κ3) is 3.42. The van der Waals surface area contributed by atoms with Crippen molar-refractivity contribution in [1.29, 1.82) is 0 Å². The molecule has 1 aromatic carbocycles. The van der Waals surface area contributed by atoms with Crippen LogP contribution in [0.1, 0.15) is 28.9 Å². The smallest absolute Gasteiger partial charge is 0.267 e. The highest BCUT2D eigenvalue weighted by Gasteiger charge is 2.37. The van der Waals surface area contributed by atoms with E-state index in [9.17, 15) is 4.79 Å². The molecular formula is C19H25N3O3. The van der Waals surface area contributed by atoms with Crippen molar-refractivity contribution in [3.63, 3.8) is 0 Å². The fourth-order valence-corrected chi connectivity index (χ4v) is 4.00. The Morgan fingerprint density at radius 3 is 3.12 bits per heavy atom. The van der Waals surface area contributed by atoms with E-state index >= 15 is 0 Å². The minimum Gasteiger partial charge on any atom is -0.396 e. The van der Waals surface area contributed by atoms with Crippen molar-refractivity contribution in [2.45, 2.75) is 38.0 Å². The molecule has 0 unspecified atom stereocenters. The van der Waals surface area contributed by atoms with Gasteiger partial charge >= 0.3 is 0 Å². The maximum atomic E-state index is 12.6. The fourth-order valence-electron chi connectivity index (χ4n) is 4.00. The molecule has 0 radical (unpaired) electrons. The third-order valence-electron chi connectivity index (χ3n) is 5.30. The Bertz CT molecular complexity index is 772. The van der Waals surface area contributed by atoms with E-state index in [4.69, 9.17) is 9.84 Å². The summed E-state index contributed by atoms with van der Waals surface area (Å²) >= 11 is 0. The number of amides is 1. The van der Waals surface area contributed by atoms with Crippen LogP contribution in [0.2, 0.25) is 0 Å². The first-order valence-corrected chi connectivity index (χ1v) is 8.99. The standard InChI is InChI=1S/C19H25N3O3/c1-12-2-3-17-13(6-12)7-18(21-17)19(24)20-14-8-15-11-25-16(4-5-23)10-22(15)9-14/h2-3,6-7,14-16,21,23H,4-5,8-11H2,1H3,(H,20,24)/t14-,15-,16-/m0/s1. The number of ether oxygens (including phenoxy) is 1. The van der Waals surface area contributed by atoms with Crippen LogP contribution in [-0.4, -0.2) is 65.4 Å². The number of fused-ring (bicyclic) bond motifs is 2. The topological polar surface area (TPSA) is 77.6 Å². The molecule has 2 fully saturated rings. The highest BCUT2D eigenvalue weighted by atomic mass is 16.5. The number of aryl methyl sites for hydroxylation is 1. The molecule has 25 heavy (non-hydrogen) atoms. The lowest BCUT2D eigenvalue weighted by Gasteiger charge is -2.34. The maximum absolute atomic E-state index is 12.6. The van der Waals surface area contributed by atoms with Crippen molar-refractivity contribution in [2.75, 3.05) is 26.3 Å². The molecule has 0 bridgehead atoms. The van der Waals surface area contributed by atoms with Crippen molar-refractivity contribution < 1.29 is 14.6 Å². The van der Waals surface area contributed by atoms with Gasteiger partial charge in [-0.25, -0.2) is 0 Å². The van der Waals surface area contributed by atoms with Crippen molar-refractivity contribution in [3.8, 4) is 0 Å². The average molecular weight is 343 g/mol. The Hall–Kier alpha value is -1.89. The second-order valence-corrected chi connectivity index (χ2v) is 7.26. The van der Waals surface area contributed by atoms with Crippen LogP contribution < -0.4 is 5.32 Å². The number of morpholine rings is 1. The van der Waals surface area contributed by atoms with Gasteiger partial charge in [0.2, 0.25) is 0 Å². The van der Waals surface area contributed by atoms with Gasteiger partial charge in [-0.3, -0.25) is 9.69 Å². The molecule has 0 saturated carbocycles. The lowest BCUT2D eigenvalue weighted by molar-refractivity contribution is -0.0566. The molecule has 6 nitrogen and oxygen atoms in total. The molecule has 3 N–H and O–H groups in total. The molecule has 0 aliphatic carbocycles. The minimum absolute atomic E-state index is 0.0495. The van der Waals surface area contributed by atoms with E-state index in [1.54, 1.807) is 0 Å². The number of aromatic amines is 1. The van der Waals surface area contributed by atoms with E-state index in [1.165, 1.54) is 5.56 Å². The molecular weight excluding hydrogens is 318 g/mol. The van der Waals surface area contributed by atoms with Crippen molar-refractivity contribution >= 4 is 16.8 Å². The van der Waals surface area contributed by atoms with Crippen LogP contribution in [0.4, 0.5) is 0 Å². The zero-order valence-corrected chi connectivity index (χ0v) is 14.5. The fraction of sp³-hybridized carbons (Fsp3) is 0.526. The lowest BCUT2D eigenvalue weighted by Crippen LogP contribution is -2.46. The quantitative estimate of drug-likeness (QED) is 0.785. The largest absolute Gasteiger partial charge is 0.396 e. The second-order valence-electron chi connectivity index (χ2n) is 7.26. The SMILES string of the molecule is Cc1ccc2[nH]c(C(=O)N[C@H]3C[C@H]4CO[C@@H](CCO)CN4C3)cc2c1. The van der Waals surface area contributed by atoms with Crippen LogP contribution in [0.5, 0.6) is 0 Å². The summed E-state index contributed by atoms with van der Waals surface area (Å²) in [6, 6.07) is 8.55. The minimum atomic E-state index is -0.0495. The van der Waals surface area contributed by atoms with Gasteiger partial charge in [0.1, 0.15) is 5.69 Å². The van der Waals surface area contributed by atoms with Gasteiger partial charge in [0.05, 0.1) is 12.7 Å². The Morgan fingerprint density at radius 1 is 1.40 bits per heavy atom. The van der Waals surface area contributed by atoms with Crippen molar-refractivity contribution in [2.24, 2.45) is 0 Å². The molecule has 1 amide bonds. The number of carbonyl (C=O) groups is 1. The number of nitrogens with zero attached hydrogens (tertiary/aromatic N) is 1. The maximum Gasteiger partial charge on any atom is 0.267 e. The van der Waals surface area contributed by atoms with Gasteiger partial charge in [-0.2, -0.15) is 0 Å². The Morgan fingerprint density at radius 2 is 2.28 bits per heavy atom. The molecule has 2 saturated heterocycles.